The van der Waals surface area contributed by atoms with Gasteiger partial charge in [0.2, 0.25) is 0 Å². The second kappa shape index (κ2) is 4.80. The molecule has 0 unspecified atom stereocenters. The molecule has 0 radical (unpaired) electrons. The van der Waals surface area contributed by atoms with Crippen molar-refractivity contribution in [2.75, 3.05) is 18.0 Å². The molecule has 0 aromatic carbocycles. The molecule has 0 amide bonds. The molecule has 1 aliphatic heterocycles. The maximum atomic E-state index is 4.45. The Balaban J connectivity index is 1.49. The SMILES string of the molecule is Cn1cc(C2CCN(c3ccc4nnnn4n3)CC2)cn1. The first-order valence-corrected chi connectivity index (χ1v) is 7.08. The molecule has 1 fully saturated rings. The van der Waals surface area contributed by atoms with Crippen molar-refractivity contribution in [1.82, 2.24) is 35.0 Å². The lowest BCUT2D eigenvalue weighted by molar-refractivity contribution is 0.499. The van der Waals surface area contributed by atoms with Crippen molar-refractivity contribution in [2.24, 2.45) is 7.05 Å². The Morgan fingerprint density at radius 1 is 1.19 bits per heavy atom. The third-order valence-corrected chi connectivity index (χ3v) is 4.07. The predicted molar refractivity (Wildman–Crippen MR) is 76.0 cm³/mol. The summed E-state index contributed by atoms with van der Waals surface area (Å²) in [4.78, 5) is 2.29. The minimum absolute atomic E-state index is 0.590. The van der Waals surface area contributed by atoms with E-state index < -0.39 is 0 Å². The van der Waals surface area contributed by atoms with Crippen LogP contribution >= 0.6 is 0 Å². The van der Waals surface area contributed by atoms with E-state index in [1.165, 1.54) is 10.2 Å². The van der Waals surface area contributed by atoms with Gasteiger partial charge in [0.05, 0.1) is 6.20 Å². The molecule has 1 saturated heterocycles. The molecule has 0 spiro atoms. The van der Waals surface area contributed by atoms with E-state index >= 15 is 0 Å². The lowest BCUT2D eigenvalue weighted by Gasteiger charge is -2.32. The van der Waals surface area contributed by atoms with Gasteiger partial charge < -0.3 is 4.90 Å². The Labute approximate surface area is 121 Å². The van der Waals surface area contributed by atoms with Gasteiger partial charge in [-0.15, -0.1) is 14.8 Å². The van der Waals surface area contributed by atoms with Gasteiger partial charge >= 0.3 is 0 Å². The van der Waals surface area contributed by atoms with E-state index in [0.29, 0.717) is 11.6 Å². The molecule has 8 heteroatoms. The van der Waals surface area contributed by atoms with Crippen molar-refractivity contribution in [3.63, 3.8) is 0 Å². The average molecular weight is 284 g/mol. The van der Waals surface area contributed by atoms with Crippen LogP contribution in [0.4, 0.5) is 5.82 Å². The minimum atomic E-state index is 0.590. The average Bonchev–Trinajstić information content (AvgIpc) is 3.15. The lowest BCUT2D eigenvalue weighted by atomic mass is 9.91. The quantitative estimate of drug-likeness (QED) is 0.687. The molecule has 8 nitrogen and oxygen atoms in total. The van der Waals surface area contributed by atoms with Crippen molar-refractivity contribution in [3.05, 3.63) is 30.1 Å². The van der Waals surface area contributed by atoms with Gasteiger partial charge in [-0.1, -0.05) is 0 Å². The summed E-state index contributed by atoms with van der Waals surface area (Å²) in [5, 5.41) is 20.0. The van der Waals surface area contributed by atoms with Gasteiger partial charge in [-0.2, -0.15) is 5.10 Å². The lowest BCUT2D eigenvalue weighted by Crippen LogP contribution is -2.33. The number of fused-ring (bicyclic) bond motifs is 1. The van der Waals surface area contributed by atoms with Gasteiger partial charge in [0.25, 0.3) is 0 Å². The van der Waals surface area contributed by atoms with Crippen LogP contribution in [0.15, 0.2) is 24.5 Å². The summed E-state index contributed by atoms with van der Waals surface area (Å²) in [5.41, 5.74) is 2.00. The minimum Gasteiger partial charge on any atom is -0.355 e. The van der Waals surface area contributed by atoms with Crippen LogP contribution in [0, 0.1) is 0 Å². The Bertz CT molecular complexity index is 752. The van der Waals surface area contributed by atoms with Crippen molar-refractivity contribution < 1.29 is 0 Å². The van der Waals surface area contributed by atoms with Crippen LogP contribution in [0.3, 0.4) is 0 Å². The highest BCUT2D eigenvalue weighted by Crippen LogP contribution is 2.29. The molecule has 21 heavy (non-hydrogen) atoms. The maximum Gasteiger partial charge on any atom is 0.200 e. The molecular weight excluding hydrogens is 268 g/mol. The molecule has 0 atom stereocenters. The summed E-state index contributed by atoms with van der Waals surface area (Å²) in [6.45, 7) is 1.97. The topological polar surface area (TPSA) is 77.0 Å². The predicted octanol–water partition coefficient (Wildman–Crippen LogP) is 0.637. The van der Waals surface area contributed by atoms with E-state index in [9.17, 15) is 0 Å². The monoisotopic (exact) mass is 284 g/mol. The van der Waals surface area contributed by atoms with Crippen molar-refractivity contribution in [2.45, 2.75) is 18.8 Å². The molecule has 3 aromatic rings. The van der Waals surface area contributed by atoms with Crippen LogP contribution in [0.2, 0.25) is 0 Å². The normalized spacial score (nSPS) is 16.7. The second-order valence-electron chi connectivity index (χ2n) is 5.43. The number of piperidine rings is 1. The third-order valence-electron chi connectivity index (χ3n) is 4.07. The van der Waals surface area contributed by atoms with Crippen LogP contribution < -0.4 is 4.90 Å². The maximum absolute atomic E-state index is 4.45. The largest absolute Gasteiger partial charge is 0.355 e. The Morgan fingerprint density at radius 2 is 2.05 bits per heavy atom. The van der Waals surface area contributed by atoms with E-state index in [1.54, 1.807) is 0 Å². The number of hydrogen-bond donors (Lipinski definition) is 0. The van der Waals surface area contributed by atoms with E-state index in [0.717, 1.165) is 31.7 Å². The number of aromatic nitrogens is 7. The smallest absolute Gasteiger partial charge is 0.200 e. The Kier molecular flexibility index (Phi) is 2.80. The molecule has 0 aliphatic carbocycles. The van der Waals surface area contributed by atoms with Gasteiger partial charge in [0.1, 0.15) is 0 Å². The highest BCUT2D eigenvalue weighted by Gasteiger charge is 2.22. The molecule has 0 saturated carbocycles. The van der Waals surface area contributed by atoms with Gasteiger partial charge in [-0.3, -0.25) is 4.68 Å². The zero-order valence-electron chi connectivity index (χ0n) is 11.8. The first-order valence-electron chi connectivity index (χ1n) is 7.08. The molecule has 1 aliphatic rings. The number of aryl methyl sites for hydroxylation is 1. The standard InChI is InChI=1S/C13H16N8/c1-19-9-11(8-14-19)10-4-6-20(7-5-10)13-3-2-12-15-17-18-21(12)16-13/h2-3,8-10H,4-7H2,1H3. The van der Waals surface area contributed by atoms with Gasteiger partial charge in [-0.25, -0.2) is 0 Å². The number of anilines is 1. The summed E-state index contributed by atoms with van der Waals surface area (Å²) in [7, 11) is 1.96. The van der Waals surface area contributed by atoms with Gasteiger partial charge in [0.15, 0.2) is 11.5 Å². The van der Waals surface area contributed by atoms with Gasteiger partial charge in [-0.05, 0) is 46.9 Å². The molecule has 0 N–H and O–H groups in total. The highest BCUT2D eigenvalue weighted by molar-refractivity contribution is 5.44. The number of rotatable bonds is 2. The molecular formula is C13H16N8. The van der Waals surface area contributed by atoms with Crippen LogP contribution in [0.1, 0.15) is 24.3 Å². The highest BCUT2D eigenvalue weighted by atomic mass is 15.6. The summed E-state index contributed by atoms with van der Waals surface area (Å²) >= 11 is 0. The first kappa shape index (κ1) is 12.2. The first-order chi connectivity index (χ1) is 10.3. The number of hydrogen-bond acceptors (Lipinski definition) is 6. The second-order valence-corrected chi connectivity index (χ2v) is 5.43. The van der Waals surface area contributed by atoms with E-state index in [1.807, 2.05) is 30.1 Å². The molecule has 0 bridgehead atoms. The van der Waals surface area contributed by atoms with Crippen molar-refractivity contribution >= 4 is 11.5 Å². The fourth-order valence-electron chi connectivity index (χ4n) is 2.90. The van der Waals surface area contributed by atoms with E-state index in [4.69, 9.17) is 0 Å². The molecule has 108 valence electrons. The Morgan fingerprint density at radius 3 is 2.81 bits per heavy atom. The van der Waals surface area contributed by atoms with Crippen LogP contribution in [-0.2, 0) is 7.05 Å². The van der Waals surface area contributed by atoms with Crippen LogP contribution in [0.5, 0.6) is 0 Å². The zero-order valence-corrected chi connectivity index (χ0v) is 11.8. The molecule has 4 heterocycles. The van der Waals surface area contributed by atoms with Gasteiger partial charge in [0, 0.05) is 26.3 Å². The number of nitrogens with zero attached hydrogens (tertiary/aromatic N) is 8. The third kappa shape index (κ3) is 2.22. The van der Waals surface area contributed by atoms with Crippen LogP contribution in [0.25, 0.3) is 5.65 Å². The Hall–Kier alpha value is -2.51. The van der Waals surface area contributed by atoms with Crippen molar-refractivity contribution in [3.8, 4) is 0 Å². The summed E-state index contributed by atoms with van der Waals surface area (Å²) in [6, 6.07) is 3.88. The zero-order chi connectivity index (χ0) is 14.2. The summed E-state index contributed by atoms with van der Waals surface area (Å²) < 4.78 is 3.34. The fourth-order valence-corrected chi connectivity index (χ4v) is 2.90. The fraction of sp³-hybridized carbons (Fsp3) is 0.462. The summed E-state index contributed by atoms with van der Waals surface area (Å²) in [5.74, 6) is 1.52. The number of tetrazole rings is 1. The molecule has 3 aromatic heterocycles. The van der Waals surface area contributed by atoms with E-state index in [-0.39, 0.29) is 0 Å². The summed E-state index contributed by atoms with van der Waals surface area (Å²) in [6.07, 6.45) is 6.32. The molecule has 4 rings (SSSR count). The van der Waals surface area contributed by atoms with E-state index in [2.05, 4.69) is 36.8 Å². The van der Waals surface area contributed by atoms with Crippen molar-refractivity contribution in [1.29, 1.82) is 0 Å². The van der Waals surface area contributed by atoms with Crippen LogP contribution in [-0.4, -0.2) is 48.1 Å².